The molecule has 0 radical (unpaired) electrons. The summed E-state index contributed by atoms with van der Waals surface area (Å²) in [4.78, 5) is 0. The first-order chi connectivity index (χ1) is 8.63. The largest absolute Gasteiger partial charge is 0.494 e. The van der Waals surface area contributed by atoms with Gasteiger partial charge in [0.1, 0.15) is 6.10 Å². The number of aliphatic hydroxyl groups excluding tert-OH is 1. The van der Waals surface area contributed by atoms with Gasteiger partial charge in [-0.15, -0.1) is 0 Å². The molecule has 1 atom stereocenters. The first-order valence-electron chi connectivity index (χ1n) is 5.39. The molecule has 0 fully saturated rings. The minimum atomic E-state index is -1.07. The normalized spacial score (nSPS) is 12.2. The van der Waals surface area contributed by atoms with Gasteiger partial charge in [-0.1, -0.05) is 41.9 Å². The van der Waals surface area contributed by atoms with Crippen LogP contribution < -0.4 is 4.74 Å². The molecule has 1 unspecified atom stereocenters. The maximum atomic E-state index is 14.0. The second-order valence-electron chi connectivity index (χ2n) is 3.82. The van der Waals surface area contributed by atoms with Gasteiger partial charge in [0.05, 0.1) is 7.11 Å². The lowest BCUT2D eigenvalue weighted by Gasteiger charge is -2.14. The fourth-order valence-electron chi connectivity index (χ4n) is 1.75. The predicted molar refractivity (Wildman–Crippen MR) is 68.5 cm³/mol. The number of hydrogen-bond acceptors (Lipinski definition) is 2. The first kappa shape index (κ1) is 12.9. The smallest absolute Gasteiger partial charge is 0.171 e. The lowest BCUT2D eigenvalue weighted by Crippen LogP contribution is -2.04. The summed E-state index contributed by atoms with van der Waals surface area (Å²) in [5.74, 6) is -0.578. The fourth-order valence-corrected chi connectivity index (χ4v) is 1.96. The van der Waals surface area contributed by atoms with E-state index in [1.165, 1.54) is 19.2 Å². The molecule has 0 aromatic heterocycles. The zero-order valence-electron chi connectivity index (χ0n) is 9.73. The molecule has 0 saturated carbocycles. The molecule has 2 rings (SSSR count). The zero-order chi connectivity index (χ0) is 13.1. The van der Waals surface area contributed by atoms with Gasteiger partial charge >= 0.3 is 0 Å². The predicted octanol–water partition coefficient (Wildman–Crippen LogP) is 3.57. The van der Waals surface area contributed by atoms with Crippen molar-refractivity contribution in [2.45, 2.75) is 6.10 Å². The Morgan fingerprint density at radius 1 is 1.22 bits per heavy atom. The third-order valence-corrected chi connectivity index (χ3v) is 2.88. The summed E-state index contributed by atoms with van der Waals surface area (Å²) in [6, 6.07) is 11.6. The lowest BCUT2D eigenvalue weighted by atomic mass is 10.0. The summed E-state index contributed by atoms with van der Waals surface area (Å²) in [6.45, 7) is 0. The van der Waals surface area contributed by atoms with Gasteiger partial charge in [0.25, 0.3) is 0 Å². The molecular formula is C14H12ClFO2. The van der Waals surface area contributed by atoms with Crippen LogP contribution in [-0.4, -0.2) is 12.2 Å². The molecule has 1 N–H and O–H groups in total. The molecule has 2 nitrogen and oxygen atoms in total. The van der Waals surface area contributed by atoms with Crippen molar-refractivity contribution in [3.63, 3.8) is 0 Å². The first-order valence-corrected chi connectivity index (χ1v) is 5.77. The van der Waals surface area contributed by atoms with E-state index in [0.717, 1.165) is 0 Å². The van der Waals surface area contributed by atoms with Gasteiger partial charge in [0.2, 0.25) is 0 Å². The van der Waals surface area contributed by atoms with E-state index < -0.39 is 11.9 Å². The molecule has 4 heteroatoms. The number of aliphatic hydroxyl groups is 1. The second-order valence-corrected chi connectivity index (χ2v) is 4.26. The Balaban J connectivity index is 2.48. The van der Waals surface area contributed by atoms with Crippen molar-refractivity contribution in [2.75, 3.05) is 7.11 Å². The van der Waals surface area contributed by atoms with E-state index in [2.05, 4.69) is 0 Å². The van der Waals surface area contributed by atoms with Crippen LogP contribution in [0.25, 0.3) is 0 Å². The fraction of sp³-hybridized carbons (Fsp3) is 0.143. The van der Waals surface area contributed by atoms with Crippen molar-refractivity contribution >= 4 is 11.6 Å². The molecule has 2 aromatic rings. The summed E-state index contributed by atoms with van der Waals surface area (Å²) in [5, 5.41) is 10.5. The maximum Gasteiger partial charge on any atom is 0.171 e. The van der Waals surface area contributed by atoms with E-state index in [9.17, 15) is 9.50 Å². The van der Waals surface area contributed by atoms with Crippen LogP contribution >= 0.6 is 11.6 Å². The average Bonchev–Trinajstić information content (AvgIpc) is 2.41. The Labute approximate surface area is 110 Å². The van der Waals surface area contributed by atoms with Crippen molar-refractivity contribution < 1.29 is 14.2 Å². The molecule has 94 valence electrons. The molecule has 0 saturated heterocycles. The van der Waals surface area contributed by atoms with Crippen molar-refractivity contribution in [3.8, 4) is 5.75 Å². The molecule has 0 aliphatic heterocycles. The van der Waals surface area contributed by atoms with E-state index in [-0.39, 0.29) is 11.3 Å². The van der Waals surface area contributed by atoms with Crippen molar-refractivity contribution in [2.24, 2.45) is 0 Å². The second kappa shape index (κ2) is 5.38. The number of rotatable bonds is 3. The summed E-state index contributed by atoms with van der Waals surface area (Å²) >= 11 is 5.87. The Kier molecular flexibility index (Phi) is 3.84. The van der Waals surface area contributed by atoms with Gasteiger partial charge in [-0.05, 0) is 11.6 Å². The van der Waals surface area contributed by atoms with Crippen molar-refractivity contribution in [3.05, 3.63) is 64.4 Å². The number of methoxy groups -OCH3 is 1. The van der Waals surface area contributed by atoms with Crippen LogP contribution in [0, 0.1) is 5.82 Å². The molecule has 0 aliphatic carbocycles. The Bertz CT molecular complexity index is 543. The summed E-state index contributed by atoms with van der Waals surface area (Å²) < 4.78 is 18.9. The molecule has 0 spiro atoms. The van der Waals surface area contributed by atoms with Crippen LogP contribution in [0.15, 0.2) is 42.5 Å². The molecule has 18 heavy (non-hydrogen) atoms. The molecule has 2 aromatic carbocycles. The molecule has 0 aliphatic rings. The Morgan fingerprint density at radius 3 is 2.50 bits per heavy atom. The Morgan fingerprint density at radius 2 is 1.89 bits per heavy atom. The van der Waals surface area contributed by atoms with E-state index >= 15 is 0 Å². The standard InChI is InChI=1S/C14H12ClFO2/c1-18-12-8-10(15)7-11(13(12)16)14(17)9-5-3-2-4-6-9/h2-8,14,17H,1H3. The van der Waals surface area contributed by atoms with Gasteiger partial charge in [0.15, 0.2) is 11.6 Å². The molecular weight excluding hydrogens is 255 g/mol. The molecule has 0 heterocycles. The monoisotopic (exact) mass is 266 g/mol. The highest BCUT2D eigenvalue weighted by Gasteiger charge is 2.19. The third-order valence-electron chi connectivity index (χ3n) is 2.66. The quantitative estimate of drug-likeness (QED) is 0.920. The minimum absolute atomic E-state index is 0.0208. The van der Waals surface area contributed by atoms with E-state index in [1.807, 2.05) is 6.07 Å². The maximum absolute atomic E-state index is 14.0. The number of hydrogen-bond donors (Lipinski definition) is 1. The van der Waals surface area contributed by atoms with Crippen LogP contribution in [0.4, 0.5) is 4.39 Å². The van der Waals surface area contributed by atoms with Gasteiger partial charge in [0, 0.05) is 16.7 Å². The van der Waals surface area contributed by atoms with Crippen molar-refractivity contribution in [1.82, 2.24) is 0 Å². The van der Waals surface area contributed by atoms with E-state index in [4.69, 9.17) is 16.3 Å². The lowest BCUT2D eigenvalue weighted by molar-refractivity contribution is 0.213. The third kappa shape index (κ3) is 2.47. The summed E-state index contributed by atoms with van der Waals surface area (Å²) in [7, 11) is 1.35. The van der Waals surface area contributed by atoms with Gasteiger partial charge in [-0.25, -0.2) is 4.39 Å². The summed E-state index contributed by atoms with van der Waals surface area (Å²) in [6.07, 6.45) is -1.07. The summed E-state index contributed by atoms with van der Waals surface area (Å²) in [5.41, 5.74) is 0.700. The average molecular weight is 267 g/mol. The number of halogens is 2. The van der Waals surface area contributed by atoms with Crippen LogP contribution in [0.5, 0.6) is 5.75 Å². The molecule has 0 amide bonds. The van der Waals surface area contributed by atoms with Crippen LogP contribution in [0.1, 0.15) is 17.2 Å². The van der Waals surface area contributed by atoms with Crippen LogP contribution in [-0.2, 0) is 0 Å². The van der Waals surface area contributed by atoms with Crippen LogP contribution in [0.2, 0.25) is 5.02 Å². The number of ether oxygens (including phenoxy) is 1. The van der Waals surface area contributed by atoms with E-state index in [0.29, 0.717) is 10.6 Å². The minimum Gasteiger partial charge on any atom is -0.494 e. The van der Waals surface area contributed by atoms with Gasteiger partial charge in [-0.3, -0.25) is 0 Å². The highest BCUT2D eigenvalue weighted by Crippen LogP contribution is 2.32. The Hall–Kier alpha value is -1.58. The zero-order valence-corrected chi connectivity index (χ0v) is 10.5. The van der Waals surface area contributed by atoms with Gasteiger partial charge in [-0.2, -0.15) is 0 Å². The topological polar surface area (TPSA) is 29.5 Å². The highest BCUT2D eigenvalue weighted by molar-refractivity contribution is 6.30. The number of benzene rings is 2. The molecule has 0 bridgehead atoms. The van der Waals surface area contributed by atoms with Crippen molar-refractivity contribution in [1.29, 1.82) is 0 Å². The van der Waals surface area contributed by atoms with Gasteiger partial charge < -0.3 is 9.84 Å². The SMILES string of the molecule is COc1cc(Cl)cc(C(O)c2ccccc2)c1F. The highest BCUT2D eigenvalue weighted by atomic mass is 35.5. The van der Waals surface area contributed by atoms with E-state index in [1.54, 1.807) is 24.3 Å². The van der Waals surface area contributed by atoms with Crippen LogP contribution in [0.3, 0.4) is 0 Å².